The molecule has 0 spiro atoms. The Bertz CT molecular complexity index is 1220. The van der Waals surface area contributed by atoms with E-state index >= 15 is 0 Å². The van der Waals surface area contributed by atoms with Gasteiger partial charge < -0.3 is 39.4 Å². The van der Waals surface area contributed by atoms with E-state index in [-0.39, 0.29) is 12.4 Å². The number of carbonyl (C=O) groups is 1. The molecule has 5 rings (SSSR count). The van der Waals surface area contributed by atoms with Gasteiger partial charge >= 0.3 is 5.97 Å². The summed E-state index contributed by atoms with van der Waals surface area (Å²) in [4.78, 5) is 12.5. The third-order valence-electron chi connectivity index (χ3n) is 6.25. The predicted octanol–water partition coefficient (Wildman–Crippen LogP) is 1.36. The molecular formula is C25H24O9. The maximum absolute atomic E-state index is 12.5. The van der Waals surface area contributed by atoms with Crippen molar-refractivity contribution in [2.75, 3.05) is 13.7 Å². The van der Waals surface area contributed by atoms with Gasteiger partial charge in [-0.1, -0.05) is 36.4 Å². The third-order valence-corrected chi connectivity index (χ3v) is 6.25. The predicted molar refractivity (Wildman–Crippen MR) is 119 cm³/mol. The zero-order valence-corrected chi connectivity index (χ0v) is 18.2. The van der Waals surface area contributed by atoms with Crippen molar-refractivity contribution in [3.8, 4) is 22.6 Å². The van der Waals surface area contributed by atoms with E-state index in [0.29, 0.717) is 22.1 Å². The number of benzene rings is 3. The number of aliphatic hydroxyl groups excluding tert-OH is 4. The number of hydrogen-bond acceptors (Lipinski definition) is 9. The third kappa shape index (κ3) is 3.58. The maximum Gasteiger partial charge on any atom is 0.339 e. The molecule has 0 aromatic heterocycles. The minimum Gasteiger partial charge on any atom is -0.493 e. The fraction of sp³-hybridized carbons (Fsp3) is 0.320. The summed E-state index contributed by atoms with van der Waals surface area (Å²) < 4.78 is 22.6. The monoisotopic (exact) mass is 468 g/mol. The van der Waals surface area contributed by atoms with Gasteiger partial charge in [-0.15, -0.1) is 0 Å². The van der Waals surface area contributed by atoms with E-state index in [2.05, 4.69) is 0 Å². The SMILES string of the molecule is COc1cc2c3c(ccc(-c4ccccc4)c3c1O[C@@H]1O[C@H](CO)[C@@H](O)[C@H](O)[C@H]1O)C(=O)OC2. The highest BCUT2D eigenvalue weighted by Gasteiger charge is 2.45. The molecule has 1 fully saturated rings. The van der Waals surface area contributed by atoms with E-state index in [9.17, 15) is 25.2 Å². The minimum absolute atomic E-state index is 0.0528. The molecule has 1 saturated heterocycles. The smallest absolute Gasteiger partial charge is 0.339 e. The van der Waals surface area contributed by atoms with Crippen molar-refractivity contribution in [3.63, 3.8) is 0 Å². The summed E-state index contributed by atoms with van der Waals surface area (Å²) in [6, 6.07) is 14.6. The van der Waals surface area contributed by atoms with Crippen molar-refractivity contribution in [1.29, 1.82) is 0 Å². The van der Waals surface area contributed by atoms with Crippen LogP contribution >= 0.6 is 0 Å². The Labute approximate surface area is 194 Å². The molecule has 0 radical (unpaired) electrons. The number of cyclic esters (lactones) is 1. The van der Waals surface area contributed by atoms with Gasteiger partial charge in [0.05, 0.1) is 19.3 Å². The summed E-state index contributed by atoms with van der Waals surface area (Å²) in [6.07, 6.45) is -7.31. The molecule has 9 heteroatoms. The van der Waals surface area contributed by atoms with Crippen LogP contribution < -0.4 is 9.47 Å². The standard InChI is InChI=1S/C25H24O9/c1-31-16-9-13-11-32-24(30)15-8-7-14(12-5-3-2-4-6-12)19(18(13)15)23(16)34-25-22(29)21(28)20(27)17(10-26)33-25/h2-9,17,20-22,25-29H,10-11H2,1H3/t17-,20-,21+,22-,25+/m1/s1. The lowest BCUT2D eigenvalue weighted by Gasteiger charge is -2.40. The molecule has 3 aromatic carbocycles. The van der Waals surface area contributed by atoms with Crippen molar-refractivity contribution in [2.45, 2.75) is 37.3 Å². The average molecular weight is 468 g/mol. The molecule has 4 N–H and O–H groups in total. The van der Waals surface area contributed by atoms with Crippen LogP contribution in [0.1, 0.15) is 15.9 Å². The summed E-state index contributed by atoms with van der Waals surface area (Å²) in [5, 5.41) is 41.6. The number of aliphatic hydroxyl groups is 4. The fourth-order valence-corrected chi connectivity index (χ4v) is 4.50. The Balaban J connectivity index is 1.74. The summed E-state index contributed by atoms with van der Waals surface area (Å²) >= 11 is 0. The zero-order chi connectivity index (χ0) is 24.0. The van der Waals surface area contributed by atoms with E-state index in [1.54, 1.807) is 18.2 Å². The summed E-state index contributed by atoms with van der Waals surface area (Å²) in [6.45, 7) is -0.538. The highest BCUT2D eigenvalue weighted by Crippen LogP contribution is 2.47. The Hall–Kier alpha value is -3.21. The van der Waals surface area contributed by atoms with Crippen LogP contribution in [-0.2, 0) is 16.1 Å². The van der Waals surface area contributed by atoms with Crippen LogP contribution in [0.25, 0.3) is 21.9 Å². The topological polar surface area (TPSA) is 135 Å². The van der Waals surface area contributed by atoms with Gasteiger partial charge in [0.25, 0.3) is 0 Å². The lowest BCUT2D eigenvalue weighted by atomic mass is 9.90. The molecule has 2 heterocycles. The van der Waals surface area contributed by atoms with Crippen LogP contribution in [0.3, 0.4) is 0 Å². The van der Waals surface area contributed by atoms with Gasteiger partial charge in [-0.3, -0.25) is 0 Å². The lowest BCUT2D eigenvalue weighted by Crippen LogP contribution is -2.60. The Morgan fingerprint density at radius 1 is 0.971 bits per heavy atom. The van der Waals surface area contributed by atoms with Crippen LogP contribution in [0.4, 0.5) is 0 Å². The molecule has 178 valence electrons. The molecule has 0 bridgehead atoms. The van der Waals surface area contributed by atoms with Crippen molar-refractivity contribution in [1.82, 2.24) is 0 Å². The largest absolute Gasteiger partial charge is 0.493 e. The van der Waals surface area contributed by atoms with Crippen molar-refractivity contribution in [2.24, 2.45) is 0 Å². The molecule has 0 amide bonds. The Kier molecular flexibility index (Phi) is 5.88. The highest BCUT2D eigenvalue weighted by atomic mass is 16.7. The Morgan fingerprint density at radius 2 is 1.71 bits per heavy atom. The number of hydrogen-bond donors (Lipinski definition) is 4. The first-order chi connectivity index (χ1) is 16.4. The van der Waals surface area contributed by atoms with E-state index in [4.69, 9.17) is 18.9 Å². The molecule has 2 aliphatic rings. The molecule has 3 aromatic rings. The quantitative estimate of drug-likeness (QED) is 0.410. The first kappa shape index (κ1) is 22.6. The number of ether oxygens (including phenoxy) is 4. The van der Waals surface area contributed by atoms with Gasteiger partial charge in [-0.25, -0.2) is 4.79 Å². The van der Waals surface area contributed by atoms with Crippen LogP contribution in [0.15, 0.2) is 48.5 Å². The minimum atomic E-state index is -1.61. The van der Waals surface area contributed by atoms with Crippen LogP contribution in [0.2, 0.25) is 0 Å². The molecule has 0 aliphatic carbocycles. The van der Waals surface area contributed by atoms with Gasteiger partial charge in [0, 0.05) is 16.3 Å². The molecule has 34 heavy (non-hydrogen) atoms. The number of rotatable bonds is 5. The second kappa shape index (κ2) is 8.86. The molecule has 2 aliphatic heterocycles. The second-order valence-electron chi connectivity index (χ2n) is 8.24. The summed E-state index contributed by atoms with van der Waals surface area (Å²) in [7, 11) is 1.45. The van der Waals surface area contributed by atoms with Crippen LogP contribution in [-0.4, -0.2) is 70.8 Å². The molecular weight excluding hydrogens is 444 g/mol. The first-order valence-electron chi connectivity index (χ1n) is 10.8. The van der Waals surface area contributed by atoms with Gasteiger partial charge in [0.2, 0.25) is 6.29 Å². The van der Waals surface area contributed by atoms with Gasteiger partial charge in [-0.05, 0) is 23.3 Å². The van der Waals surface area contributed by atoms with E-state index < -0.39 is 43.3 Å². The Morgan fingerprint density at radius 3 is 2.41 bits per heavy atom. The van der Waals surface area contributed by atoms with Crippen molar-refractivity contribution in [3.05, 3.63) is 59.7 Å². The number of esters is 1. The van der Waals surface area contributed by atoms with Gasteiger partial charge in [0.15, 0.2) is 11.5 Å². The highest BCUT2D eigenvalue weighted by molar-refractivity contribution is 6.14. The maximum atomic E-state index is 12.5. The molecule has 0 unspecified atom stereocenters. The van der Waals surface area contributed by atoms with Crippen LogP contribution in [0, 0.1) is 0 Å². The van der Waals surface area contributed by atoms with Crippen molar-refractivity contribution >= 4 is 16.7 Å². The number of methoxy groups -OCH3 is 1. The molecule has 9 nitrogen and oxygen atoms in total. The molecule has 0 saturated carbocycles. The fourth-order valence-electron chi connectivity index (χ4n) is 4.50. The average Bonchev–Trinajstić information content (AvgIpc) is 2.87. The first-order valence-corrected chi connectivity index (χ1v) is 10.8. The second-order valence-corrected chi connectivity index (χ2v) is 8.24. The van der Waals surface area contributed by atoms with E-state index in [1.165, 1.54) is 7.11 Å². The van der Waals surface area contributed by atoms with Gasteiger partial charge in [-0.2, -0.15) is 0 Å². The number of carbonyl (C=O) groups excluding carboxylic acids is 1. The zero-order valence-electron chi connectivity index (χ0n) is 18.2. The molecule has 5 atom stereocenters. The summed E-state index contributed by atoms with van der Waals surface area (Å²) in [5.74, 6) is 0.00814. The summed E-state index contributed by atoms with van der Waals surface area (Å²) in [5.41, 5.74) is 2.68. The normalized spacial score (nSPS) is 26.3. The van der Waals surface area contributed by atoms with E-state index in [0.717, 1.165) is 16.7 Å². The van der Waals surface area contributed by atoms with Crippen molar-refractivity contribution < 1.29 is 44.2 Å². The van der Waals surface area contributed by atoms with E-state index in [1.807, 2.05) is 30.3 Å². The lowest BCUT2D eigenvalue weighted by molar-refractivity contribution is -0.277. The van der Waals surface area contributed by atoms with Gasteiger partial charge in [0.1, 0.15) is 31.0 Å². The van der Waals surface area contributed by atoms with Crippen LogP contribution in [0.5, 0.6) is 11.5 Å².